The quantitative estimate of drug-likeness (QED) is 0.658. The van der Waals surface area contributed by atoms with Crippen LogP contribution in [0.15, 0.2) is 36.4 Å². The molecule has 1 aliphatic rings. The van der Waals surface area contributed by atoms with Crippen molar-refractivity contribution >= 4 is 16.9 Å². The summed E-state index contributed by atoms with van der Waals surface area (Å²) >= 11 is 0. The number of halogens is 5. The number of carboxylic acids is 1. The van der Waals surface area contributed by atoms with Crippen LogP contribution in [0.4, 0.5) is 22.0 Å². The summed E-state index contributed by atoms with van der Waals surface area (Å²) in [6.07, 6.45) is -4.23. The summed E-state index contributed by atoms with van der Waals surface area (Å²) in [7, 11) is 0. The fourth-order valence-corrected chi connectivity index (χ4v) is 3.35. The number of aliphatic carboxylic acids is 1. The molecule has 0 bridgehead atoms. The van der Waals surface area contributed by atoms with E-state index < -0.39 is 41.2 Å². The molecule has 1 aliphatic carbocycles. The molecule has 3 aromatic rings. The largest absolute Gasteiger partial charge is 0.481 e. The zero-order valence-corrected chi connectivity index (χ0v) is 14.2. The lowest BCUT2D eigenvalue weighted by Gasteiger charge is -2.09. The molecule has 1 heterocycles. The van der Waals surface area contributed by atoms with Crippen molar-refractivity contribution in [2.75, 3.05) is 0 Å². The maximum Gasteiger partial charge on any atom is 0.416 e. The zero-order valence-electron chi connectivity index (χ0n) is 14.2. The Morgan fingerprint density at radius 3 is 2.54 bits per heavy atom. The van der Waals surface area contributed by atoms with E-state index in [9.17, 15) is 26.7 Å². The van der Waals surface area contributed by atoms with Crippen LogP contribution in [0.1, 0.15) is 29.2 Å². The first-order chi connectivity index (χ1) is 13.1. The summed E-state index contributed by atoms with van der Waals surface area (Å²) in [4.78, 5) is 11.2. The van der Waals surface area contributed by atoms with Gasteiger partial charge >= 0.3 is 12.1 Å². The second-order valence-corrected chi connectivity index (χ2v) is 6.80. The van der Waals surface area contributed by atoms with E-state index in [0.29, 0.717) is 23.6 Å². The Morgan fingerprint density at radius 1 is 1.18 bits per heavy atom. The highest BCUT2D eigenvalue weighted by molar-refractivity contribution is 5.86. The molecule has 9 heteroatoms. The summed E-state index contributed by atoms with van der Waals surface area (Å²) in [6.45, 7) is -0.214. The van der Waals surface area contributed by atoms with Crippen molar-refractivity contribution in [3.63, 3.8) is 0 Å². The monoisotopic (exact) mass is 396 g/mol. The zero-order chi connectivity index (χ0) is 20.2. The topological polar surface area (TPSA) is 55.1 Å². The molecule has 2 unspecified atom stereocenters. The van der Waals surface area contributed by atoms with E-state index in [0.717, 1.165) is 18.2 Å². The van der Waals surface area contributed by atoms with Crippen molar-refractivity contribution in [2.24, 2.45) is 5.92 Å². The van der Waals surface area contributed by atoms with Crippen LogP contribution in [0.5, 0.6) is 0 Å². The van der Waals surface area contributed by atoms with Crippen LogP contribution in [0.25, 0.3) is 10.9 Å². The first-order valence-corrected chi connectivity index (χ1v) is 8.39. The van der Waals surface area contributed by atoms with Crippen molar-refractivity contribution in [1.82, 2.24) is 9.78 Å². The average Bonchev–Trinajstić information content (AvgIpc) is 3.33. The number of carboxylic acid groups (broad SMARTS) is 1. The van der Waals surface area contributed by atoms with Gasteiger partial charge in [-0.2, -0.15) is 18.3 Å². The number of carbonyl (C=O) groups is 1. The van der Waals surface area contributed by atoms with Gasteiger partial charge < -0.3 is 5.11 Å². The van der Waals surface area contributed by atoms with E-state index in [4.69, 9.17) is 5.11 Å². The number of benzene rings is 2. The normalized spacial score (nSPS) is 19.2. The number of nitrogens with zero attached hydrogens (tertiary/aromatic N) is 2. The molecular formula is C19H13F5N2O2. The summed E-state index contributed by atoms with van der Waals surface area (Å²) in [5.41, 5.74) is -0.346. The van der Waals surface area contributed by atoms with Gasteiger partial charge in [-0.3, -0.25) is 9.48 Å². The lowest BCUT2D eigenvalue weighted by atomic mass is 10.1. The van der Waals surface area contributed by atoms with Gasteiger partial charge in [-0.25, -0.2) is 8.78 Å². The van der Waals surface area contributed by atoms with Gasteiger partial charge in [-0.05, 0) is 24.6 Å². The molecule has 4 nitrogen and oxygen atoms in total. The molecule has 0 spiro atoms. The molecule has 0 amide bonds. The highest BCUT2D eigenvalue weighted by atomic mass is 19.4. The fourth-order valence-electron chi connectivity index (χ4n) is 3.35. The van der Waals surface area contributed by atoms with E-state index in [1.54, 1.807) is 0 Å². The second kappa shape index (κ2) is 6.29. The van der Waals surface area contributed by atoms with Crippen molar-refractivity contribution < 1.29 is 31.9 Å². The molecule has 2 aromatic carbocycles. The summed E-state index contributed by atoms with van der Waals surface area (Å²) in [6, 6.07) is 6.01. The molecule has 1 N–H and O–H groups in total. The summed E-state index contributed by atoms with van der Waals surface area (Å²) in [5, 5.41) is 13.8. The van der Waals surface area contributed by atoms with Gasteiger partial charge in [0.05, 0.1) is 29.2 Å². The molecule has 1 saturated carbocycles. The van der Waals surface area contributed by atoms with Gasteiger partial charge in [0, 0.05) is 22.9 Å². The van der Waals surface area contributed by atoms with Crippen LogP contribution < -0.4 is 0 Å². The van der Waals surface area contributed by atoms with Crippen LogP contribution in [0.3, 0.4) is 0 Å². The van der Waals surface area contributed by atoms with Crippen molar-refractivity contribution in [3.05, 3.63) is 64.9 Å². The lowest BCUT2D eigenvalue weighted by Crippen LogP contribution is -2.07. The third-order valence-electron chi connectivity index (χ3n) is 4.90. The van der Waals surface area contributed by atoms with Crippen molar-refractivity contribution in [2.45, 2.75) is 25.1 Å². The van der Waals surface area contributed by atoms with E-state index in [1.165, 1.54) is 16.8 Å². The highest BCUT2D eigenvalue weighted by Crippen LogP contribution is 2.49. The van der Waals surface area contributed by atoms with Crippen LogP contribution in [-0.4, -0.2) is 20.9 Å². The maximum absolute atomic E-state index is 14.0. The van der Waals surface area contributed by atoms with Gasteiger partial charge in [-0.15, -0.1) is 0 Å². The summed E-state index contributed by atoms with van der Waals surface area (Å²) in [5.74, 6) is -3.66. The minimum absolute atomic E-state index is 0.0559. The van der Waals surface area contributed by atoms with Crippen molar-refractivity contribution in [3.8, 4) is 0 Å². The first-order valence-electron chi connectivity index (χ1n) is 8.39. The Labute approximate surface area is 155 Å². The van der Waals surface area contributed by atoms with Gasteiger partial charge in [0.15, 0.2) is 0 Å². The van der Waals surface area contributed by atoms with Gasteiger partial charge in [0.25, 0.3) is 0 Å². The maximum atomic E-state index is 14.0. The highest BCUT2D eigenvalue weighted by Gasteiger charge is 2.47. The SMILES string of the molecule is O=C(O)C1CC1c1nn(Cc2ccc(F)cc2F)c2cc(C(F)(F)F)ccc12. The standard InChI is InChI=1S/C19H13F5N2O2/c20-11-3-1-9(15(21)6-11)8-26-16-5-10(19(22,23)24)2-4-12(16)17(25-26)13-7-14(13)18(27)28/h1-6,13-14H,7-8H2,(H,27,28). The van der Waals surface area contributed by atoms with Crippen molar-refractivity contribution in [1.29, 1.82) is 0 Å². The van der Waals surface area contributed by atoms with E-state index >= 15 is 0 Å². The van der Waals surface area contributed by atoms with Gasteiger partial charge in [-0.1, -0.05) is 12.1 Å². The Kier molecular flexibility index (Phi) is 4.13. The molecule has 146 valence electrons. The lowest BCUT2D eigenvalue weighted by molar-refractivity contribution is -0.139. The number of fused-ring (bicyclic) bond motifs is 1. The number of alkyl halides is 3. The molecule has 4 rings (SSSR count). The van der Waals surface area contributed by atoms with Crippen LogP contribution in [0, 0.1) is 17.6 Å². The first kappa shape index (κ1) is 18.4. The summed E-state index contributed by atoms with van der Waals surface area (Å²) < 4.78 is 67.7. The van der Waals surface area contributed by atoms with E-state index in [2.05, 4.69) is 5.10 Å². The number of hydrogen-bond acceptors (Lipinski definition) is 2. The molecular weight excluding hydrogens is 383 g/mol. The minimum atomic E-state index is -4.58. The Balaban J connectivity index is 1.82. The predicted octanol–water partition coefficient (Wildman–Crippen LogP) is 4.57. The predicted molar refractivity (Wildman–Crippen MR) is 88.7 cm³/mol. The Morgan fingerprint density at radius 2 is 1.93 bits per heavy atom. The third-order valence-corrected chi connectivity index (χ3v) is 4.90. The Hall–Kier alpha value is -2.97. The van der Waals surface area contributed by atoms with Gasteiger partial charge in [0.1, 0.15) is 11.6 Å². The molecule has 28 heavy (non-hydrogen) atoms. The van der Waals surface area contributed by atoms with Crippen LogP contribution in [-0.2, 0) is 17.5 Å². The molecule has 1 fully saturated rings. The average molecular weight is 396 g/mol. The number of aromatic nitrogens is 2. The van der Waals surface area contributed by atoms with Crippen LogP contribution in [0.2, 0.25) is 0 Å². The number of hydrogen-bond donors (Lipinski definition) is 1. The molecule has 0 saturated heterocycles. The molecule has 1 aromatic heterocycles. The van der Waals surface area contributed by atoms with E-state index in [1.807, 2.05) is 0 Å². The smallest absolute Gasteiger partial charge is 0.416 e. The number of rotatable bonds is 4. The third kappa shape index (κ3) is 3.21. The van der Waals surface area contributed by atoms with Gasteiger partial charge in [0.2, 0.25) is 0 Å². The molecule has 0 aliphatic heterocycles. The molecule has 2 atom stereocenters. The fraction of sp³-hybridized carbons (Fsp3) is 0.263. The minimum Gasteiger partial charge on any atom is -0.481 e. The van der Waals surface area contributed by atoms with E-state index in [-0.39, 0.29) is 17.6 Å². The molecule has 0 radical (unpaired) electrons. The van der Waals surface area contributed by atoms with Crippen LogP contribution >= 0.6 is 0 Å². The second-order valence-electron chi connectivity index (χ2n) is 6.80. The Bertz CT molecular complexity index is 1090.